The van der Waals surface area contributed by atoms with Crippen molar-refractivity contribution in [1.29, 1.82) is 0 Å². The average molecular weight is 266 g/mol. The summed E-state index contributed by atoms with van der Waals surface area (Å²) in [6.07, 6.45) is -3.56. The number of carboxylic acid groups (broad SMARTS) is 2. The molecule has 2 unspecified atom stereocenters. The van der Waals surface area contributed by atoms with Gasteiger partial charge in [0, 0.05) is 5.39 Å². The third-order valence-electron chi connectivity index (χ3n) is 2.64. The zero-order valence-electron chi connectivity index (χ0n) is 9.48. The van der Waals surface area contributed by atoms with Crippen molar-refractivity contribution < 1.29 is 34.4 Å². The number of carboxylic acids is 2. The van der Waals surface area contributed by atoms with Crippen molar-refractivity contribution in [3.05, 3.63) is 35.6 Å². The maximum atomic E-state index is 10.7. The van der Waals surface area contributed by atoms with Crippen LogP contribution in [0.25, 0.3) is 11.0 Å². The molecule has 2 rings (SSSR count). The first kappa shape index (κ1) is 13.1. The van der Waals surface area contributed by atoms with Gasteiger partial charge in [-0.25, -0.2) is 9.59 Å². The summed E-state index contributed by atoms with van der Waals surface area (Å²) in [6.45, 7) is 0. The second-order valence-electron chi connectivity index (χ2n) is 3.94. The van der Waals surface area contributed by atoms with Crippen LogP contribution in [-0.4, -0.2) is 38.5 Å². The molecule has 7 heteroatoms. The molecule has 2 aromatic rings. The molecule has 0 fully saturated rings. The monoisotopic (exact) mass is 266 g/mol. The summed E-state index contributed by atoms with van der Waals surface area (Å²) >= 11 is 0. The molecule has 0 saturated carbocycles. The van der Waals surface area contributed by atoms with E-state index in [0.717, 1.165) is 0 Å². The van der Waals surface area contributed by atoms with Crippen LogP contribution < -0.4 is 0 Å². The molecule has 4 N–H and O–H groups in total. The van der Waals surface area contributed by atoms with E-state index in [1.165, 1.54) is 24.3 Å². The van der Waals surface area contributed by atoms with E-state index in [0.29, 0.717) is 5.39 Å². The van der Waals surface area contributed by atoms with Crippen LogP contribution in [0, 0.1) is 0 Å². The number of hydrogen-bond donors (Lipinski definition) is 4. The average Bonchev–Trinajstić information content (AvgIpc) is 2.79. The maximum absolute atomic E-state index is 10.7. The van der Waals surface area contributed by atoms with Gasteiger partial charge in [-0.15, -0.1) is 0 Å². The van der Waals surface area contributed by atoms with Crippen molar-refractivity contribution in [3.8, 4) is 0 Å². The summed E-state index contributed by atoms with van der Waals surface area (Å²) in [4.78, 5) is 21.3. The van der Waals surface area contributed by atoms with Gasteiger partial charge in [0.05, 0.1) is 0 Å². The van der Waals surface area contributed by atoms with Gasteiger partial charge < -0.3 is 24.8 Å². The molecule has 1 heterocycles. The molecule has 19 heavy (non-hydrogen) atoms. The lowest BCUT2D eigenvalue weighted by Gasteiger charge is -2.13. The molecular weight excluding hydrogens is 256 g/mol. The summed E-state index contributed by atoms with van der Waals surface area (Å²) in [5.41, 5.74) is 0.443. The molecule has 100 valence electrons. The number of furan rings is 1. The highest BCUT2D eigenvalue weighted by Gasteiger charge is 2.25. The topological polar surface area (TPSA) is 128 Å². The van der Waals surface area contributed by atoms with Crippen LogP contribution in [0.5, 0.6) is 0 Å². The molecule has 2 atom stereocenters. The molecule has 1 aromatic heterocycles. The van der Waals surface area contributed by atoms with Gasteiger partial charge in [-0.2, -0.15) is 0 Å². The standard InChI is InChI=1S/C12H10O7/c13-9(10(14)12(17)18)5-1-2-7-6(3-5)4-8(19-7)11(15)16/h1-4,9-10,13-14H,(H,15,16)(H,17,18). The van der Waals surface area contributed by atoms with Gasteiger partial charge in [-0.3, -0.25) is 0 Å². The molecule has 0 saturated heterocycles. The van der Waals surface area contributed by atoms with E-state index in [1.54, 1.807) is 0 Å². The van der Waals surface area contributed by atoms with Crippen LogP contribution >= 0.6 is 0 Å². The van der Waals surface area contributed by atoms with Crippen LogP contribution in [0.4, 0.5) is 0 Å². The molecule has 0 aliphatic carbocycles. The predicted molar refractivity (Wildman–Crippen MR) is 61.8 cm³/mol. The Labute approximate surface area is 106 Å². The summed E-state index contributed by atoms with van der Waals surface area (Å²) in [5.74, 6) is -3.05. The predicted octanol–water partition coefficient (Wildman–Crippen LogP) is 0.610. The van der Waals surface area contributed by atoms with E-state index in [2.05, 4.69) is 0 Å². The molecule has 0 radical (unpaired) electrons. The highest BCUT2D eigenvalue weighted by atomic mass is 16.4. The first-order chi connectivity index (χ1) is 8.90. The summed E-state index contributed by atoms with van der Waals surface area (Å²) in [5, 5.41) is 36.7. The highest BCUT2D eigenvalue weighted by Crippen LogP contribution is 2.25. The molecule has 1 aromatic carbocycles. The fourth-order valence-electron chi connectivity index (χ4n) is 1.67. The van der Waals surface area contributed by atoms with Crippen molar-refractivity contribution in [1.82, 2.24) is 0 Å². The number of aliphatic hydroxyl groups excluding tert-OH is 2. The number of aromatic carboxylic acids is 1. The van der Waals surface area contributed by atoms with Crippen LogP contribution in [0.15, 0.2) is 28.7 Å². The van der Waals surface area contributed by atoms with Crippen LogP contribution in [0.1, 0.15) is 22.2 Å². The Bertz CT molecular complexity index is 643. The van der Waals surface area contributed by atoms with Crippen molar-refractivity contribution in [3.63, 3.8) is 0 Å². The lowest BCUT2D eigenvalue weighted by Crippen LogP contribution is -2.27. The second kappa shape index (κ2) is 4.71. The summed E-state index contributed by atoms with van der Waals surface area (Å²) in [6, 6.07) is 5.37. The summed E-state index contributed by atoms with van der Waals surface area (Å²) in [7, 11) is 0. The Balaban J connectivity index is 2.41. The Kier molecular flexibility index (Phi) is 3.24. The summed E-state index contributed by atoms with van der Waals surface area (Å²) < 4.78 is 5.01. The van der Waals surface area contributed by atoms with E-state index in [9.17, 15) is 19.8 Å². The van der Waals surface area contributed by atoms with Crippen LogP contribution in [0.3, 0.4) is 0 Å². The van der Waals surface area contributed by atoms with Crippen molar-refractivity contribution >= 4 is 22.9 Å². The molecular formula is C12H10O7. The Hall–Kier alpha value is -2.38. The second-order valence-corrected chi connectivity index (χ2v) is 3.94. The highest BCUT2D eigenvalue weighted by molar-refractivity contribution is 5.91. The number of benzene rings is 1. The van der Waals surface area contributed by atoms with Gasteiger partial charge in [0.25, 0.3) is 0 Å². The number of aliphatic hydroxyl groups is 2. The molecule has 0 aliphatic rings. The Morgan fingerprint density at radius 3 is 2.37 bits per heavy atom. The molecule has 7 nitrogen and oxygen atoms in total. The van der Waals surface area contributed by atoms with E-state index in [1.807, 2.05) is 0 Å². The van der Waals surface area contributed by atoms with Crippen molar-refractivity contribution in [2.45, 2.75) is 12.2 Å². The quantitative estimate of drug-likeness (QED) is 0.638. The van der Waals surface area contributed by atoms with Gasteiger partial charge in [-0.05, 0) is 23.8 Å². The lowest BCUT2D eigenvalue weighted by atomic mass is 10.0. The zero-order valence-corrected chi connectivity index (χ0v) is 9.48. The fourth-order valence-corrected chi connectivity index (χ4v) is 1.67. The minimum atomic E-state index is -1.96. The van der Waals surface area contributed by atoms with Gasteiger partial charge >= 0.3 is 11.9 Å². The fraction of sp³-hybridized carbons (Fsp3) is 0.167. The molecule has 0 bridgehead atoms. The minimum Gasteiger partial charge on any atom is -0.479 e. The Morgan fingerprint density at radius 2 is 1.79 bits per heavy atom. The van der Waals surface area contributed by atoms with Crippen LogP contribution in [-0.2, 0) is 4.79 Å². The SMILES string of the molecule is O=C(O)c1cc2cc(C(O)C(O)C(=O)O)ccc2o1. The normalized spacial score (nSPS) is 14.2. The van der Waals surface area contributed by atoms with E-state index in [4.69, 9.17) is 14.6 Å². The smallest absolute Gasteiger partial charge is 0.371 e. The third-order valence-corrected chi connectivity index (χ3v) is 2.64. The lowest BCUT2D eigenvalue weighted by molar-refractivity contribution is -0.153. The zero-order chi connectivity index (χ0) is 14.2. The van der Waals surface area contributed by atoms with E-state index >= 15 is 0 Å². The van der Waals surface area contributed by atoms with Gasteiger partial charge in [0.1, 0.15) is 11.7 Å². The molecule has 0 amide bonds. The minimum absolute atomic E-state index is 0.153. The first-order valence-corrected chi connectivity index (χ1v) is 5.26. The van der Waals surface area contributed by atoms with Crippen molar-refractivity contribution in [2.75, 3.05) is 0 Å². The van der Waals surface area contributed by atoms with Gasteiger partial charge in [0.15, 0.2) is 6.10 Å². The number of fused-ring (bicyclic) bond motifs is 1. The third kappa shape index (κ3) is 2.42. The number of hydrogen-bond acceptors (Lipinski definition) is 5. The van der Waals surface area contributed by atoms with Crippen LogP contribution in [0.2, 0.25) is 0 Å². The molecule has 0 aliphatic heterocycles. The van der Waals surface area contributed by atoms with Crippen molar-refractivity contribution in [2.24, 2.45) is 0 Å². The number of carbonyl (C=O) groups is 2. The van der Waals surface area contributed by atoms with Gasteiger partial charge in [0.2, 0.25) is 5.76 Å². The van der Waals surface area contributed by atoms with E-state index < -0.39 is 24.1 Å². The first-order valence-electron chi connectivity index (χ1n) is 5.26. The number of aliphatic carboxylic acids is 1. The van der Waals surface area contributed by atoms with E-state index in [-0.39, 0.29) is 16.9 Å². The number of rotatable bonds is 4. The Morgan fingerprint density at radius 1 is 1.11 bits per heavy atom. The van der Waals surface area contributed by atoms with Gasteiger partial charge in [-0.1, -0.05) is 6.07 Å². The molecule has 0 spiro atoms. The largest absolute Gasteiger partial charge is 0.479 e. The maximum Gasteiger partial charge on any atom is 0.371 e.